The number of imidazole rings is 1. The number of morpholine rings is 1. The number of hydrogen-bond donors (Lipinski definition) is 1. The molecule has 25 heavy (non-hydrogen) atoms. The van der Waals surface area contributed by atoms with E-state index in [9.17, 15) is 4.39 Å². The summed E-state index contributed by atoms with van der Waals surface area (Å²) in [6.07, 6.45) is 1.80. The summed E-state index contributed by atoms with van der Waals surface area (Å²) in [6.45, 7) is 6.58. The van der Waals surface area contributed by atoms with Gasteiger partial charge in [-0.3, -0.25) is 4.40 Å². The van der Waals surface area contributed by atoms with Gasteiger partial charge in [0.05, 0.1) is 24.6 Å². The Morgan fingerprint density at radius 3 is 2.68 bits per heavy atom. The van der Waals surface area contributed by atoms with E-state index in [0.29, 0.717) is 30.2 Å². The number of aryl methyl sites for hydroxylation is 2. The van der Waals surface area contributed by atoms with Crippen molar-refractivity contribution in [1.29, 1.82) is 0 Å². The van der Waals surface area contributed by atoms with Crippen molar-refractivity contribution in [3.63, 3.8) is 0 Å². The van der Waals surface area contributed by atoms with E-state index in [1.54, 1.807) is 13.1 Å². The van der Waals surface area contributed by atoms with Crippen LogP contribution in [0.3, 0.4) is 0 Å². The van der Waals surface area contributed by atoms with Crippen LogP contribution in [0.25, 0.3) is 16.8 Å². The van der Waals surface area contributed by atoms with Crippen molar-refractivity contribution in [3.8, 4) is 11.1 Å². The van der Waals surface area contributed by atoms with Gasteiger partial charge in [-0.1, -0.05) is 6.07 Å². The van der Waals surface area contributed by atoms with Crippen LogP contribution in [0.2, 0.25) is 0 Å². The van der Waals surface area contributed by atoms with E-state index in [0.717, 1.165) is 35.5 Å². The average Bonchev–Trinajstić information content (AvgIpc) is 2.92. The topological polar surface area (TPSA) is 55.8 Å². The Balaban J connectivity index is 1.96. The van der Waals surface area contributed by atoms with Gasteiger partial charge in [-0.15, -0.1) is 0 Å². The van der Waals surface area contributed by atoms with Gasteiger partial charge in [-0.2, -0.15) is 4.39 Å². The molecule has 0 atom stereocenters. The summed E-state index contributed by atoms with van der Waals surface area (Å²) in [4.78, 5) is 6.65. The molecule has 1 aliphatic heterocycles. The highest BCUT2D eigenvalue weighted by atomic mass is 19.1. The number of pyridine rings is 1. The molecule has 130 valence electrons. The Morgan fingerprint density at radius 1 is 1.16 bits per heavy atom. The molecular weight excluding hydrogens is 319 g/mol. The Labute approximate surface area is 145 Å². The number of aromatic nitrogens is 2. The van der Waals surface area contributed by atoms with Crippen molar-refractivity contribution >= 4 is 17.0 Å². The number of nitrogens with zero attached hydrogens (tertiary/aromatic N) is 3. The molecule has 5 nitrogen and oxygen atoms in total. The standard InChI is InChI=1S/C19H21FN4O/c1-12-3-4-15(21)10-16(12)14-9-17(23-5-7-25-8-6-23)19-22-13(2)18(20)24(19)11-14/h3-4,9-11H,5-8,21H2,1-2H3. The van der Waals surface area contributed by atoms with Crippen molar-refractivity contribution in [1.82, 2.24) is 9.38 Å². The first-order valence-electron chi connectivity index (χ1n) is 8.42. The molecule has 1 aromatic carbocycles. The molecule has 0 saturated carbocycles. The van der Waals surface area contributed by atoms with Crippen molar-refractivity contribution in [2.45, 2.75) is 13.8 Å². The number of hydrogen-bond acceptors (Lipinski definition) is 4. The molecule has 0 amide bonds. The van der Waals surface area contributed by atoms with Crippen molar-refractivity contribution in [3.05, 3.63) is 47.7 Å². The lowest BCUT2D eigenvalue weighted by Crippen LogP contribution is -2.36. The minimum atomic E-state index is -0.326. The highest BCUT2D eigenvalue weighted by Crippen LogP contribution is 2.32. The van der Waals surface area contributed by atoms with Crippen LogP contribution in [-0.2, 0) is 4.74 Å². The average molecular weight is 340 g/mol. The summed E-state index contributed by atoms with van der Waals surface area (Å²) in [5.41, 5.74) is 11.7. The molecule has 1 aliphatic rings. The molecule has 2 aromatic heterocycles. The van der Waals surface area contributed by atoms with E-state index in [4.69, 9.17) is 10.5 Å². The molecule has 0 aliphatic carbocycles. The van der Waals surface area contributed by atoms with Gasteiger partial charge in [0.25, 0.3) is 0 Å². The van der Waals surface area contributed by atoms with Gasteiger partial charge in [-0.05, 0) is 43.2 Å². The number of rotatable bonds is 2. The zero-order valence-corrected chi connectivity index (χ0v) is 14.4. The van der Waals surface area contributed by atoms with Gasteiger partial charge in [0.15, 0.2) is 5.65 Å². The fourth-order valence-electron chi connectivity index (χ4n) is 3.35. The largest absolute Gasteiger partial charge is 0.399 e. The van der Waals surface area contributed by atoms with Crippen LogP contribution in [0.5, 0.6) is 0 Å². The number of benzene rings is 1. The Bertz CT molecular complexity index is 944. The second kappa shape index (κ2) is 6.04. The van der Waals surface area contributed by atoms with E-state index in [2.05, 4.69) is 16.0 Å². The van der Waals surface area contributed by atoms with Crippen LogP contribution >= 0.6 is 0 Å². The lowest BCUT2D eigenvalue weighted by atomic mass is 10.0. The first-order valence-corrected chi connectivity index (χ1v) is 8.42. The minimum Gasteiger partial charge on any atom is -0.399 e. The van der Waals surface area contributed by atoms with E-state index in [1.807, 2.05) is 25.1 Å². The van der Waals surface area contributed by atoms with Gasteiger partial charge in [-0.25, -0.2) is 4.98 Å². The van der Waals surface area contributed by atoms with Crippen molar-refractivity contribution in [2.24, 2.45) is 0 Å². The number of nitrogen functional groups attached to an aromatic ring is 1. The smallest absolute Gasteiger partial charge is 0.220 e. The summed E-state index contributed by atoms with van der Waals surface area (Å²) in [6, 6.07) is 7.87. The van der Waals surface area contributed by atoms with Crippen LogP contribution < -0.4 is 10.6 Å². The third kappa shape index (κ3) is 2.72. The molecule has 2 N–H and O–H groups in total. The quantitative estimate of drug-likeness (QED) is 0.728. The maximum Gasteiger partial charge on any atom is 0.220 e. The molecule has 3 aromatic rings. The number of anilines is 2. The Morgan fingerprint density at radius 2 is 1.92 bits per heavy atom. The summed E-state index contributed by atoms with van der Waals surface area (Å²) in [7, 11) is 0. The second-order valence-electron chi connectivity index (χ2n) is 6.47. The zero-order valence-electron chi connectivity index (χ0n) is 14.4. The molecule has 0 unspecified atom stereocenters. The molecule has 1 saturated heterocycles. The van der Waals surface area contributed by atoms with Gasteiger partial charge in [0.1, 0.15) is 0 Å². The number of fused-ring (bicyclic) bond motifs is 1. The molecule has 3 heterocycles. The minimum absolute atomic E-state index is 0.326. The number of nitrogens with two attached hydrogens (primary N) is 1. The van der Waals surface area contributed by atoms with E-state index in [-0.39, 0.29) is 5.95 Å². The molecule has 0 bridgehead atoms. The normalized spacial score (nSPS) is 15.1. The van der Waals surface area contributed by atoms with Crippen LogP contribution in [0.1, 0.15) is 11.3 Å². The Hall–Kier alpha value is -2.60. The van der Waals surface area contributed by atoms with E-state index in [1.165, 1.54) is 4.40 Å². The van der Waals surface area contributed by atoms with Crippen LogP contribution in [0, 0.1) is 19.8 Å². The number of halogens is 1. The summed E-state index contributed by atoms with van der Waals surface area (Å²) in [5.74, 6) is -0.326. The molecule has 0 radical (unpaired) electrons. The second-order valence-corrected chi connectivity index (χ2v) is 6.47. The monoisotopic (exact) mass is 340 g/mol. The fraction of sp³-hybridized carbons (Fsp3) is 0.316. The van der Waals surface area contributed by atoms with Gasteiger partial charge in [0.2, 0.25) is 5.95 Å². The third-order valence-electron chi connectivity index (χ3n) is 4.73. The molecular formula is C19H21FN4O. The van der Waals surface area contributed by atoms with Gasteiger partial charge >= 0.3 is 0 Å². The lowest BCUT2D eigenvalue weighted by Gasteiger charge is -2.29. The highest BCUT2D eigenvalue weighted by Gasteiger charge is 2.20. The van der Waals surface area contributed by atoms with E-state index < -0.39 is 0 Å². The predicted molar refractivity (Wildman–Crippen MR) is 97.5 cm³/mol. The summed E-state index contributed by atoms with van der Waals surface area (Å²) >= 11 is 0. The third-order valence-corrected chi connectivity index (χ3v) is 4.73. The molecule has 6 heteroatoms. The summed E-state index contributed by atoms with van der Waals surface area (Å²) < 4.78 is 21.6. The molecule has 1 fully saturated rings. The maximum atomic E-state index is 14.6. The SMILES string of the molecule is Cc1ccc(N)cc1-c1cc(N2CCOCC2)c2nc(C)c(F)n2c1. The van der Waals surface area contributed by atoms with Crippen LogP contribution in [-0.4, -0.2) is 35.7 Å². The van der Waals surface area contributed by atoms with Crippen LogP contribution in [0.4, 0.5) is 15.8 Å². The summed E-state index contributed by atoms with van der Waals surface area (Å²) in [5, 5.41) is 0. The van der Waals surface area contributed by atoms with Gasteiger partial charge in [0, 0.05) is 30.5 Å². The fourth-order valence-corrected chi connectivity index (χ4v) is 3.35. The van der Waals surface area contributed by atoms with Crippen molar-refractivity contribution in [2.75, 3.05) is 36.9 Å². The highest BCUT2D eigenvalue weighted by molar-refractivity contribution is 5.80. The zero-order chi connectivity index (χ0) is 17.6. The van der Waals surface area contributed by atoms with Crippen molar-refractivity contribution < 1.29 is 9.13 Å². The van der Waals surface area contributed by atoms with E-state index >= 15 is 0 Å². The first-order chi connectivity index (χ1) is 12.0. The number of ether oxygens (including phenoxy) is 1. The predicted octanol–water partition coefficient (Wildman–Crippen LogP) is 3.18. The molecule has 0 spiro atoms. The Kier molecular flexibility index (Phi) is 3.84. The first kappa shape index (κ1) is 15.9. The molecule has 4 rings (SSSR count). The maximum absolute atomic E-state index is 14.6. The lowest BCUT2D eigenvalue weighted by molar-refractivity contribution is 0.123. The van der Waals surface area contributed by atoms with Crippen LogP contribution in [0.15, 0.2) is 30.5 Å². The van der Waals surface area contributed by atoms with Gasteiger partial charge < -0.3 is 15.4 Å².